The average molecular weight is 356 g/mol. The quantitative estimate of drug-likeness (QED) is 0.780. The van der Waals surface area contributed by atoms with Crippen molar-refractivity contribution in [2.75, 3.05) is 5.32 Å². The van der Waals surface area contributed by atoms with Gasteiger partial charge in [0.05, 0.1) is 11.3 Å². The number of nitrogens with one attached hydrogen (secondary N) is 1. The number of halogens is 1. The van der Waals surface area contributed by atoms with Gasteiger partial charge in [0.1, 0.15) is 10.7 Å². The first-order chi connectivity index (χ1) is 9.51. The van der Waals surface area contributed by atoms with E-state index < -0.39 is 11.9 Å². The molecule has 1 aromatic heterocycles. The Morgan fingerprint density at radius 3 is 2.80 bits per heavy atom. The van der Waals surface area contributed by atoms with E-state index in [-0.39, 0.29) is 23.5 Å². The maximum absolute atomic E-state index is 12.0. The minimum atomic E-state index is -1.12. The number of carboxylic acid groups (broad SMARTS) is 1. The Morgan fingerprint density at radius 2 is 2.20 bits per heavy atom. The molecular weight excluding hydrogens is 346 g/mol. The van der Waals surface area contributed by atoms with Crippen LogP contribution in [0.2, 0.25) is 0 Å². The summed E-state index contributed by atoms with van der Waals surface area (Å²) in [6, 6.07) is 4.53. The van der Waals surface area contributed by atoms with E-state index in [1.807, 2.05) is 0 Å². The van der Waals surface area contributed by atoms with Crippen LogP contribution in [-0.4, -0.2) is 22.0 Å². The molecule has 0 bridgehead atoms. The fourth-order valence-electron chi connectivity index (χ4n) is 1.50. The predicted molar refractivity (Wildman–Crippen MR) is 79.1 cm³/mol. The molecule has 0 atom stereocenters. The molecule has 20 heavy (non-hydrogen) atoms. The monoisotopic (exact) mass is 355 g/mol. The van der Waals surface area contributed by atoms with Crippen molar-refractivity contribution in [1.29, 1.82) is 0 Å². The molecule has 6 nitrogen and oxygen atoms in total. The summed E-state index contributed by atoms with van der Waals surface area (Å²) in [5.41, 5.74) is 5.86. The fourth-order valence-corrected chi connectivity index (χ4v) is 2.52. The number of carbonyl (C=O) groups excluding carboxylic acids is 1. The lowest BCUT2D eigenvalue weighted by Gasteiger charge is -2.07. The maximum Gasteiger partial charge on any atom is 0.337 e. The SMILES string of the molecule is NCc1nc(C(=O)Nc2cc(Br)ccc2C(=O)O)cs1. The lowest BCUT2D eigenvalue weighted by atomic mass is 10.2. The van der Waals surface area contributed by atoms with Gasteiger partial charge in [0, 0.05) is 16.4 Å². The van der Waals surface area contributed by atoms with E-state index in [0.717, 1.165) is 0 Å². The first-order valence-electron chi connectivity index (χ1n) is 5.50. The molecule has 0 aliphatic heterocycles. The highest BCUT2D eigenvalue weighted by Gasteiger charge is 2.15. The van der Waals surface area contributed by atoms with Crippen molar-refractivity contribution in [3.8, 4) is 0 Å². The van der Waals surface area contributed by atoms with E-state index in [1.165, 1.54) is 23.5 Å². The number of rotatable bonds is 4. The number of hydrogen-bond donors (Lipinski definition) is 3. The third-order valence-corrected chi connectivity index (χ3v) is 3.78. The highest BCUT2D eigenvalue weighted by molar-refractivity contribution is 9.10. The summed E-state index contributed by atoms with van der Waals surface area (Å²) >= 11 is 4.51. The Morgan fingerprint density at radius 1 is 1.45 bits per heavy atom. The first-order valence-corrected chi connectivity index (χ1v) is 7.17. The van der Waals surface area contributed by atoms with Crippen LogP contribution >= 0.6 is 27.3 Å². The van der Waals surface area contributed by atoms with Gasteiger partial charge in [-0.1, -0.05) is 15.9 Å². The standard InChI is InChI=1S/C12H10BrN3O3S/c13-6-1-2-7(12(18)19)8(3-6)16-11(17)9-5-20-10(4-14)15-9/h1-3,5H,4,14H2,(H,16,17)(H,18,19). The molecular formula is C12H10BrN3O3S. The molecule has 1 amide bonds. The Balaban J connectivity index is 2.27. The van der Waals surface area contributed by atoms with Crippen LogP contribution in [0.3, 0.4) is 0 Å². The molecule has 4 N–H and O–H groups in total. The highest BCUT2D eigenvalue weighted by Crippen LogP contribution is 2.22. The van der Waals surface area contributed by atoms with Gasteiger partial charge in [0.25, 0.3) is 5.91 Å². The second kappa shape index (κ2) is 6.12. The molecule has 0 radical (unpaired) electrons. The Bertz CT molecular complexity index is 672. The number of benzene rings is 1. The first kappa shape index (κ1) is 14.6. The zero-order valence-electron chi connectivity index (χ0n) is 10.1. The predicted octanol–water partition coefficient (Wildman–Crippen LogP) is 2.31. The number of nitrogens with zero attached hydrogens (tertiary/aromatic N) is 1. The van der Waals surface area contributed by atoms with E-state index in [4.69, 9.17) is 10.8 Å². The summed E-state index contributed by atoms with van der Waals surface area (Å²) in [4.78, 5) is 27.2. The molecule has 0 spiro atoms. The summed E-state index contributed by atoms with van der Waals surface area (Å²) in [6.07, 6.45) is 0. The van der Waals surface area contributed by atoms with E-state index >= 15 is 0 Å². The molecule has 8 heteroatoms. The molecule has 104 valence electrons. The van der Waals surface area contributed by atoms with E-state index in [1.54, 1.807) is 11.4 Å². The number of thiazole rings is 1. The van der Waals surface area contributed by atoms with Gasteiger partial charge in [-0.25, -0.2) is 9.78 Å². The molecule has 0 saturated carbocycles. The van der Waals surface area contributed by atoms with Crippen LogP contribution in [0.4, 0.5) is 5.69 Å². The average Bonchev–Trinajstić information content (AvgIpc) is 2.87. The maximum atomic E-state index is 12.0. The van der Waals surface area contributed by atoms with Crippen LogP contribution in [0.1, 0.15) is 25.9 Å². The second-order valence-corrected chi connectivity index (χ2v) is 5.64. The van der Waals surface area contributed by atoms with Crippen molar-refractivity contribution in [2.24, 2.45) is 5.73 Å². The molecule has 0 fully saturated rings. The normalized spacial score (nSPS) is 10.3. The van der Waals surface area contributed by atoms with Gasteiger partial charge >= 0.3 is 5.97 Å². The largest absolute Gasteiger partial charge is 0.478 e. The van der Waals surface area contributed by atoms with E-state index in [9.17, 15) is 9.59 Å². The van der Waals surface area contributed by atoms with Crippen LogP contribution in [0.25, 0.3) is 0 Å². The number of carboxylic acids is 1. The Hall–Kier alpha value is -1.77. The van der Waals surface area contributed by atoms with Gasteiger partial charge in [-0.05, 0) is 18.2 Å². The third kappa shape index (κ3) is 3.21. The molecule has 0 saturated heterocycles. The van der Waals surface area contributed by atoms with Crippen molar-refractivity contribution in [1.82, 2.24) is 4.98 Å². The summed E-state index contributed by atoms with van der Waals surface area (Å²) in [7, 11) is 0. The summed E-state index contributed by atoms with van der Waals surface area (Å²) < 4.78 is 0.665. The van der Waals surface area contributed by atoms with Gasteiger partial charge < -0.3 is 16.2 Å². The van der Waals surface area contributed by atoms with Gasteiger partial charge in [-0.2, -0.15) is 0 Å². The van der Waals surface area contributed by atoms with Gasteiger partial charge in [0.2, 0.25) is 0 Å². The lowest BCUT2D eigenvalue weighted by Crippen LogP contribution is -2.15. The number of anilines is 1. The number of aromatic nitrogens is 1. The number of carbonyl (C=O) groups is 2. The van der Waals surface area contributed by atoms with Crippen molar-refractivity contribution < 1.29 is 14.7 Å². The number of nitrogens with two attached hydrogens (primary N) is 1. The van der Waals surface area contributed by atoms with Crippen molar-refractivity contribution in [3.05, 3.63) is 44.3 Å². The third-order valence-electron chi connectivity index (χ3n) is 2.42. The summed E-state index contributed by atoms with van der Waals surface area (Å²) in [6.45, 7) is 0.259. The molecule has 0 aliphatic carbocycles. The molecule has 1 heterocycles. The Labute approximate surface area is 126 Å². The van der Waals surface area contributed by atoms with Crippen LogP contribution < -0.4 is 11.1 Å². The Kier molecular flexibility index (Phi) is 4.48. The van der Waals surface area contributed by atoms with Crippen molar-refractivity contribution >= 4 is 44.8 Å². The second-order valence-electron chi connectivity index (χ2n) is 3.78. The van der Waals surface area contributed by atoms with Crippen LogP contribution in [0.5, 0.6) is 0 Å². The molecule has 1 aromatic carbocycles. The molecule has 0 aliphatic rings. The number of aromatic carboxylic acids is 1. The molecule has 2 rings (SSSR count). The fraction of sp³-hybridized carbons (Fsp3) is 0.0833. The van der Waals surface area contributed by atoms with E-state index in [2.05, 4.69) is 26.2 Å². The number of amides is 1. The van der Waals surface area contributed by atoms with Crippen molar-refractivity contribution in [2.45, 2.75) is 6.54 Å². The van der Waals surface area contributed by atoms with E-state index in [0.29, 0.717) is 9.48 Å². The van der Waals surface area contributed by atoms with Crippen molar-refractivity contribution in [3.63, 3.8) is 0 Å². The minimum absolute atomic E-state index is 0.0100. The summed E-state index contributed by atoms with van der Waals surface area (Å²) in [5.74, 6) is -1.59. The van der Waals surface area contributed by atoms with Crippen LogP contribution in [0, 0.1) is 0 Å². The van der Waals surface area contributed by atoms with Crippen LogP contribution in [-0.2, 0) is 6.54 Å². The van der Waals surface area contributed by atoms with Gasteiger partial charge in [-0.15, -0.1) is 11.3 Å². The van der Waals surface area contributed by atoms with Crippen LogP contribution in [0.15, 0.2) is 28.1 Å². The molecule has 2 aromatic rings. The molecule has 0 unspecified atom stereocenters. The highest BCUT2D eigenvalue weighted by atomic mass is 79.9. The zero-order valence-corrected chi connectivity index (χ0v) is 12.5. The topological polar surface area (TPSA) is 105 Å². The summed E-state index contributed by atoms with van der Waals surface area (Å²) in [5, 5.41) is 13.8. The zero-order chi connectivity index (χ0) is 14.7. The lowest BCUT2D eigenvalue weighted by molar-refractivity contribution is 0.0698. The smallest absolute Gasteiger partial charge is 0.337 e. The minimum Gasteiger partial charge on any atom is -0.478 e. The van der Waals surface area contributed by atoms with Gasteiger partial charge in [-0.3, -0.25) is 4.79 Å². The number of hydrogen-bond acceptors (Lipinski definition) is 5. The van der Waals surface area contributed by atoms with Gasteiger partial charge in [0.15, 0.2) is 0 Å².